The van der Waals surface area contributed by atoms with Crippen LogP contribution in [0.3, 0.4) is 0 Å². The zero-order valence-electron chi connectivity index (χ0n) is 41.6. The molecule has 4 amide bonds. The number of hydrogen-bond donors (Lipinski definition) is 6. The van der Waals surface area contributed by atoms with Crippen LogP contribution in [0, 0.1) is 24.2 Å². The molecule has 0 radical (unpaired) electrons. The number of rotatable bonds is 21. The number of thiazole rings is 1. The van der Waals surface area contributed by atoms with Crippen molar-refractivity contribution in [2.24, 2.45) is 10.4 Å². The van der Waals surface area contributed by atoms with Gasteiger partial charge in [-0.1, -0.05) is 99.5 Å². The van der Waals surface area contributed by atoms with E-state index in [4.69, 9.17) is 14.5 Å². The van der Waals surface area contributed by atoms with Gasteiger partial charge in [0.25, 0.3) is 5.91 Å². The fraction of sp³-hybridized carbons (Fsp3) is 0.357. The van der Waals surface area contributed by atoms with Crippen LogP contribution >= 0.6 is 11.3 Å². The zero-order chi connectivity index (χ0) is 51.0. The van der Waals surface area contributed by atoms with E-state index in [9.17, 15) is 24.3 Å². The minimum atomic E-state index is -0.812. The van der Waals surface area contributed by atoms with Gasteiger partial charge in [0.1, 0.15) is 12.1 Å². The van der Waals surface area contributed by atoms with E-state index in [-0.39, 0.29) is 42.5 Å². The van der Waals surface area contributed by atoms with Crippen LogP contribution in [-0.4, -0.2) is 107 Å². The number of likely N-dealkylation sites (tertiary alicyclic amines) is 1. The minimum absolute atomic E-state index is 0.0212. The molecule has 1 fully saturated rings. The molecule has 1 aliphatic heterocycles. The van der Waals surface area contributed by atoms with E-state index in [0.717, 1.165) is 38.2 Å². The van der Waals surface area contributed by atoms with Crippen LogP contribution in [0.4, 0.5) is 5.69 Å². The van der Waals surface area contributed by atoms with E-state index in [2.05, 4.69) is 43.1 Å². The molecule has 4 aromatic carbocycles. The molecule has 2 aromatic heterocycles. The number of nitrogens with zero attached hydrogens (tertiary/aromatic N) is 3. The van der Waals surface area contributed by atoms with Crippen LogP contribution < -0.4 is 21.3 Å². The molecule has 6 N–H and O–H groups in total. The number of aromatic nitrogens is 2. The Morgan fingerprint density at radius 2 is 1.64 bits per heavy atom. The standard InChI is InChI=1S/C56H64N8O7S/c1-6-58-47(65)25-19-38-18-24-44-45(33-38)62-54(68)49(44)50(41-11-8-7-9-12-41)61-43-22-16-39(17-23-43)34-57-27-30-71-32-31-70-29-26-48(66)63-52(56(3,4)5)55(69)64-28-10-13-46(64)53(67)59-35-40-14-20-42(21-15-40)51-37(2)60-36-72-51/h7-9,11-12,14-18,20-24,33,36,46,52,57,62,68H,6,10,13,26-32,34-35H2,1-5H3,(H,58,65)(H,59,67)(H,63,66)/t46-,52+/m0/s1. The van der Waals surface area contributed by atoms with Crippen molar-refractivity contribution in [2.75, 3.05) is 46.1 Å². The van der Waals surface area contributed by atoms with Gasteiger partial charge in [0, 0.05) is 61.6 Å². The first-order valence-corrected chi connectivity index (χ1v) is 25.3. The van der Waals surface area contributed by atoms with E-state index in [1.165, 1.54) is 0 Å². The van der Waals surface area contributed by atoms with Gasteiger partial charge < -0.3 is 45.7 Å². The van der Waals surface area contributed by atoms with Gasteiger partial charge in [-0.25, -0.2) is 9.98 Å². The summed E-state index contributed by atoms with van der Waals surface area (Å²) in [6.07, 6.45) is 1.34. The third-order valence-electron chi connectivity index (χ3n) is 12.2. The number of benzene rings is 4. The maximum absolute atomic E-state index is 14.0. The number of aliphatic imine (C=N–C) groups is 1. The van der Waals surface area contributed by atoms with Crippen molar-refractivity contribution in [1.82, 2.24) is 36.1 Å². The van der Waals surface area contributed by atoms with Gasteiger partial charge >= 0.3 is 0 Å². The van der Waals surface area contributed by atoms with E-state index < -0.39 is 17.5 Å². The lowest BCUT2D eigenvalue weighted by Gasteiger charge is -2.35. The number of carbonyl (C=O) groups excluding carboxylic acids is 4. The molecule has 0 bridgehead atoms. The molecule has 0 aliphatic carbocycles. The van der Waals surface area contributed by atoms with Gasteiger partial charge in [-0.05, 0) is 73.1 Å². The molecule has 6 aromatic rings. The third-order valence-corrected chi connectivity index (χ3v) is 13.2. The summed E-state index contributed by atoms with van der Waals surface area (Å²) in [4.78, 5) is 67.5. The number of aryl methyl sites for hydroxylation is 1. The fourth-order valence-corrected chi connectivity index (χ4v) is 9.20. The summed E-state index contributed by atoms with van der Waals surface area (Å²) < 4.78 is 11.4. The van der Waals surface area contributed by atoms with Gasteiger partial charge in [-0.3, -0.25) is 19.2 Å². The number of nitrogens with one attached hydrogen (secondary N) is 5. The Morgan fingerprint density at radius 3 is 2.35 bits per heavy atom. The zero-order valence-corrected chi connectivity index (χ0v) is 42.4. The summed E-state index contributed by atoms with van der Waals surface area (Å²) in [6, 6.07) is 29.7. The van der Waals surface area contributed by atoms with E-state index in [0.29, 0.717) is 93.4 Å². The van der Waals surface area contributed by atoms with Gasteiger partial charge in [0.05, 0.1) is 65.0 Å². The normalized spacial score (nSPS) is 14.2. The van der Waals surface area contributed by atoms with E-state index in [1.54, 1.807) is 22.3 Å². The highest BCUT2D eigenvalue weighted by molar-refractivity contribution is 7.13. The maximum Gasteiger partial charge on any atom is 0.296 e. The first-order valence-electron chi connectivity index (χ1n) is 24.4. The molecule has 16 heteroatoms. The lowest BCUT2D eigenvalue weighted by Crippen LogP contribution is -2.57. The monoisotopic (exact) mass is 992 g/mol. The number of fused-ring (bicyclic) bond motifs is 1. The predicted octanol–water partition coefficient (Wildman–Crippen LogP) is 7.31. The fourth-order valence-electron chi connectivity index (χ4n) is 8.39. The summed E-state index contributed by atoms with van der Waals surface area (Å²) in [7, 11) is 0. The Hall–Kier alpha value is -7.16. The first-order chi connectivity index (χ1) is 34.8. The van der Waals surface area contributed by atoms with Crippen LogP contribution in [0.2, 0.25) is 0 Å². The lowest BCUT2D eigenvalue weighted by atomic mass is 9.85. The minimum Gasteiger partial charge on any atom is -0.494 e. The number of hydrogen-bond acceptors (Lipinski definition) is 11. The molecule has 2 atom stereocenters. The lowest BCUT2D eigenvalue weighted by molar-refractivity contribution is -0.144. The first kappa shape index (κ1) is 52.7. The highest BCUT2D eigenvalue weighted by Gasteiger charge is 2.41. The second-order valence-electron chi connectivity index (χ2n) is 18.6. The maximum atomic E-state index is 14.0. The van der Waals surface area contributed by atoms with Gasteiger partial charge in [-0.2, -0.15) is 0 Å². The van der Waals surface area contributed by atoms with Gasteiger partial charge in [-0.15, -0.1) is 11.3 Å². The average Bonchev–Trinajstić information content (AvgIpc) is 4.13. The van der Waals surface area contributed by atoms with Crippen molar-refractivity contribution >= 4 is 57.3 Å². The second kappa shape index (κ2) is 25.3. The summed E-state index contributed by atoms with van der Waals surface area (Å²) in [6.45, 7) is 13.4. The smallest absolute Gasteiger partial charge is 0.296 e. The Kier molecular flexibility index (Phi) is 18.5. The van der Waals surface area contributed by atoms with Crippen LogP contribution in [0.1, 0.15) is 80.5 Å². The quantitative estimate of drug-likeness (QED) is 0.0243. The predicted molar refractivity (Wildman–Crippen MR) is 282 cm³/mol. The van der Waals surface area contributed by atoms with Crippen molar-refractivity contribution in [3.8, 4) is 28.2 Å². The summed E-state index contributed by atoms with van der Waals surface area (Å²) in [5.41, 5.74) is 9.35. The van der Waals surface area contributed by atoms with Crippen molar-refractivity contribution in [1.29, 1.82) is 0 Å². The topological polar surface area (TPSA) is 199 Å². The van der Waals surface area contributed by atoms with Crippen molar-refractivity contribution in [2.45, 2.75) is 79.1 Å². The number of carbonyl (C=O) groups is 4. The van der Waals surface area contributed by atoms with Gasteiger partial charge in [0.2, 0.25) is 17.7 Å². The van der Waals surface area contributed by atoms with E-state index >= 15 is 0 Å². The summed E-state index contributed by atoms with van der Waals surface area (Å²) in [5.74, 6) is 4.34. The summed E-state index contributed by atoms with van der Waals surface area (Å²) >= 11 is 1.60. The third kappa shape index (κ3) is 14.3. The number of aromatic hydroxyl groups is 1. The van der Waals surface area contributed by atoms with Gasteiger partial charge in [0.15, 0.2) is 5.88 Å². The SMILES string of the molecule is CCNC(=O)C#Cc1ccc2c(C(=Nc3ccc(CNCCOCCOCCC(=O)N[C@H](C(=O)N4CCC[C@H]4C(=O)NCc4ccc(-c5scnc5C)cc4)C(C)(C)C)cc3)c3ccccc3)c(O)[nH]c2c1. The van der Waals surface area contributed by atoms with Crippen LogP contribution in [0.5, 0.6) is 5.88 Å². The van der Waals surface area contributed by atoms with Crippen LogP contribution in [0.25, 0.3) is 21.3 Å². The second-order valence-corrected chi connectivity index (χ2v) is 19.5. The molecular weight excluding hydrogens is 929 g/mol. The molecule has 0 saturated carbocycles. The van der Waals surface area contributed by atoms with Crippen molar-refractivity contribution in [3.05, 3.63) is 136 Å². The largest absolute Gasteiger partial charge is 0.494 e. The van der Waals surface area contributed by atoms with E-state index in [1.807, 2.05) is 131 Å². The Labute approximate surface area is 425 Å². The molecule has 1 aliphatic rings. The van der Waals surface area contributed by atoms with Crippen LogP contribution in [0.15, 0.2) is 108 Å². The average molecular weight is 993 g/mol. The molecule has 3 heterocycles. The molecule has 7 rings (SSSR count). The molecule has 72 heavy (non-hydrogen) atoms. The van der Waals surface area contributed by atoms with Crippen molar-refractivity contribution < 1.29 is 33.8 Å². The number of amides is 4. The van der Waals surface area contributed by atoms with Crippen LogP contribution in [-0.2, 0) is 41.7 Å². The molecule has 376 valence electrons. The number of ether oxygens (including phenoxy) is 2. The molecule has 0 unspecified atom stereocenters. The highest BCUT2D eigenvalue weighted by atomic mass is 32.1. The number of H-pyrrole nitrogens is 1. The highest BCUT2D eigenvalue weighted by Crippen LogP contribution is 2.33. The molecule has 1 saturated heterocycles. The summed E-state index contributed by atoms with van der Waals surface area (Å²) in [5, 5.41) is 23.9. The molecular formula is C56H64N8O7S. The molecule has 15 nitrogen and oxygen atoms in total. The molecule has 0 spiro atoms. The van der Waals surface area contributed by atoms with Crippen molar-refractivity contribution in [3.63, 3.8) is 0 Å². The Bertz CT molecular complexity index is 2900. The number of aromatic amines is 1. The Balaban J connectivity index is 0.809. The Morgan fingerprint density at radius 1 is 0.917 bits per heavy atom.